The number of phenols is 1. The van der Waals surface area contributed by atoms with Crippen LogP contribution in [-0.2, 0) is 19.3 Å². The van der Waals surface area contributed by atoms with E-state index in [4.69, 9.17) is 26.1 Å². The van der Waals surface area contributed by atoms with Gasteiger partial charge in [0.25, 0.3) is 0 Å². The van der Waals surface area contributed by atoms with Gasteiger partial charge in [-0.3, -0.25) is 0 Å². The van der Waals surface area contributed by atoms with Crippen molar-refractivity contribution in [2.45, 2.75) is 51.0 Å². The Balaban J connectivity index is 0.000000159. The van der Waals surface area contributed by atoms with Crippen molar-refractivity contribution < 1.29 is 9.84 Å². The molecule has 2 aliphatic carbocycles. The van der Waals surface area contributed by atoms with Crippen LogP contribution >= 0.6 is 0 Å². The zero-order valence-corrected chi connectivity index (χ0v) is 30.6. The van der Waals surface area contributed by atoms with Crippen LogP contribution in [0.3, 0.4) is 0 Å². The standard InChI is InChI=1S/C22H19N5O.C11H10N4O.C11H11N/c23-12-15-4-7-19-16(10-15)2-1-3-21(19)28-18-6-5-17(13-24)20(11-18)27-22-8-9-25-14-26-22;12-6-8-1-2-9(16)5-10(8)15-11-3-4-13-7-14-11;12-8-9-5-6-10-3-1-2-4-11(10)7-9/h4-11,13-14,21,24H,1-3H2,(H,25,26,27);1-7,12,16H,(H,13,14,15);5-7H,1-4H2/t21-;;/m0../s1. The van der Waals surface area contributed by atoms with E-state index in [2.05, 4.69) is 48.8 Å². The molecule has 0 saturated carbocycles. The van der Waals surface area contributed by atoms with Crippen LogP contribution in [0, 0.1) is 33.5 Å². The fourth-order valence-electron chi connectivity index (χ4n) is 6.56. The van der Waals surface area contributed by atoms with Gasteiger partial charge in [-0.05, 0) is 128 Å². The molecule has 0 saturated heterocycles. The van der Waals surface area contributed by atoms with Crippen molar-refractivity contribution >= 4 is 35.4 Å². The number of nitrogens with one attached hydrogen (secondary N) is 4. The maximum absolute atomic E-state index is 9.36. The van der Waals surface area contributed by atoms with Crippen LogP contribution in [-0.4, -0.2) is 37.5 Å². The molecule has 1 atom stereocenters. The highest BCUT2D eigenvalue weighted by atomic mass is 16.5. The molecule has 0 radical (unpaired) electrons. The van der Waals surface area contributed by atoms with Crippen molar-refractivity contribution in [3.63, 3.8) is 0 Å². The van der Waals surface area contributed by atoms with Crippen LogP contribution in [0.5, 0.6) is 11.5 Å². The predicted octanol–water partition coefficient (Wildman–Crippen LogP) is 8.91. The molecule has 56 heavy (non-hydrogen) atoms. The fourth-order valence-corrected chi connectivity index (χ4v) is 6.56. The summed E-state index contributed by atoms with van der Waals surface area (Å²) in [4.78, 5) is 15.9. The van der Waals surface area contributed by atoms with E-state index in [0.717, 1.165) is 53.8 Å². The Hall–Kier alpha value is -7.44. The lowest BCUT2D eigenvalue weighted by Gasteiger charge is -2.27. The predicted molar refractivity (Wildman–Crippen MR) is 216 cm³/mol. The van der Waals surface area contributed by atoms with Crippen molar-refractivity contribution in [1.29, 1.82) is 21.3 Å². The Morgan fingerprint density at radius 1 is 0.661 bits per heavy atom. The van der Waals surface area contributed by atoms with E-state index in [-0.39, 0.29) is 11.9 Å². The molecule has 0 fully saturated rings. The third kappa shape index (κ3) is 10.2. The number of aromatic hydroxyl groups is 1. The van der Waals surface area contributed by atoms with Crippen LogP contribution < -0.4 is 15.4 Å². The number of aryl methyl sites for hydroxylation is 3. The van der Waals surface area contributed by atoms with Gasteiger partial charge in [-0.1, -0.05) is 12.1 Å². The SMILES string of the molecule is N#Cc1ccc2c(c1)CCCC2.N#Cc1ccc2c(c1)CCC[C@@H]2Oc1ccc(C=N)c(Nc2ccncn2)c1.N=Cc1ccc(O)cc1Nc1ccncn1. The lowest BCUT2D eigenvalue weighted by molar-refractivity contribution is 0.183. The van der Waals surface area contributed by atoms with Gasteiger partial charge in [0.2, 0.25) is 0 Å². The first-order chi connectivity index (χ1) is 27.5. The average Bonchev–Trinajstić information content (AvgIpc) is 3.25. The summed E-state index contributed by atoms with van der Waals surface area (Å²) in [7, 11) is 0. The number of hydrogen-bond donors (Lipinski definition) is 5. The second kappa shape index (κ2) is 19.1. The number of fused-ring (bicyclic) bond motifs is 2. The first-order valence-corrected chi connectivity index (χ1v) is 18.2. The third-order valence-corrected chi connectivity index (χ3v) is 9.35. The lowest BCUT2D eigenvalue weighted by Crippen LogP contribution is -2.15. The number of aromatic nitrogens is 4. The van der Waals surface area contributed by atoms with E-state index >= 15 is 0 Å². The van der Waals surface area contributed by atoms with Crippen molar-refractivity contribution in [2.75, 3.05) is 10.6 Å². The van der Waals surface area contributed by atoms with Crippen molar-refractivity contribution in [3.8, 4) is 23.6 Å². The van der Waals surface area contributed by atoms with E-state index in [1.807, 2.05) is 48.5 Å². The van der Waals surface area contributed by atoms with Gasteiger partial charge in [0.1, 0.15) is 41.9 Å². The zero-order valence-electron chi connectivity index (χ0n) is 30.6. The summed E-state index contributed by atoms with van der Waals surface area (Å²) in [5.74, 6) is 2.14. The highest BCUT2D eigenvalue weighted by Gasteiger charge is 2.22. The molecule has 12 heteroatoms. The molecular formula is C44H40N10O2. The van der Waals surface area contributed by atoms with Gasteiger partial charge in [0.05, 0.1) is 34.6 Å². The van der Waals surface area contributed by atoms with Crippen molar-refractivity contribution in [2.24, 2.45) is 0 Å². The quantitative estimate of drug-likeness (QED) is 0.0938. The van der Waals surface area contributed by atoms with Crippen LogP contribution in [0.2, 0.25) is 0 Å². The Kier molecular flexibility index (Phi) is 13.0. The summed E-state index contributed by atoms with van der Waals surface area (Å²) >= 11 is 0. The van der Waals surface area contributed by atoms with E-state index in [1.54, 1.807) is 36.7 Å². The number of phenolic OH excluding ortho intramolecular Hbond substituents is 1. The monoisotopic (exact) mass is 740 g/mol. The minimum Gasteiger partial charge on any atom is -0.508 e. The Bertz CT molecular complexity index is 2370. The number of ether oxygens (including phenoxy) is 1. The largest absolute Gasteiger partial charge is 0.508 e. The van der Waals surface area contributed by atoms with Crippen molar-refractivity contribution in [1.82, 2.24) is 19.9 Å². The van der Waals surface area contributed by atoms with Gasteiger partial charge in [-0.15, -0.1) is 0 Å². The molecule has 0 spiro atoms. The molecule has 2 aliphatic rings. The van der Waals surface area contributed by atoms with Crippen LogP contribution in [0.15, 0.2) is 110 Å². The minimum atomic E-state index is -0.0470. The van der Waals surface area contributed by atoms with E-state index in [0.29, 0.717) is 28.5 Å². The van der Waals surface area contributed by atoms with Gasteiger partial charge in [-0.25, -0.2) is 19.9 Å². The van der Waals surface area contributed by atoms with Gasteiger partial charge in [-0.2, -0.15) is 10.5 Å². The highest BCUT2D eigenvalue weighted by Crippen LogP contribution is 2.35. The molecule has 0 bridgehead atoms. The Labute approximate surface area is 325 Å². The first kappa shape index (κ1) is 38.3. The summed E-state index contributed by atoms with van der Waals surface area (Å²) < 4.78 is 6.30. The maximum atomic E-state index is 9.36. The summed E-state index contributed by atoms with van der Waals surface area (Å²) in [6.07, 6.45) is 16.5. The molecule has 278 valence electrons. The minimum absolute atomic E-state index is 0.0470. The Morgan fingerprint density at radius 3 is 1.88 bits per heavy atom. The number of rotatable bonds is 8. The van der Waals surface area contributed by atoms with Gasteiger partial charge >= 0.3 is 0 Å². The van der Waals surface area contributed by atoms with Crippen LogP contribution in [0.4, 0.5) is 23.0 Å². The second-order valence-corrected chi connectivity index (χ2v) is 13.1. The molecule has 0 amide bonds. The molecule has 6 aromatic rings. The topological polar surface area (TPSA) is 200 Å². The summed E-state index contributed by atoms with van der Waals surface area (Å²) in [6, 6.07) is 30.1. The summed E-state index contributed by atoms with van der Waals surface area (Å²) in [5, 5.41) is 48.3. The molecule has 0 aliphatic heterocycles. The number of nitriles is 2. The fraction of sp³-hybridized carbons (Fsp3) is 0.182. The van der Waals surface area contributed by atoms with E-state index < -0.39 is 0 Å². The number of anilines is 4. The van der Waals surface area contributed by atoms with Gasteiger partial charge in [0, 0.05) is 48.1 Å². The Morgan fingerprint density at radius 2 is 1.25 bits per heavy atom. The smallest absolute Gasteiger partial charge is 0.133 e. The molecule has 2 heterocycles. The third-order valence-electron chi connectivity index (χ3n) is 9.35. The maximum Gasteiger partial charge on any atom is 0.133 e. The number of hydrogen-bond acceptors (Lipinski definition) is 12. The second-order valence-electron chi connectivity index (χ2n) is 13.1. The molecule has 5 N–H and O–H groups in total. The molecule has 4 aromatic carbocycles. The normalized spacial score (nSPS) is 13.6. The molecular weight excluding hydrogens is 701 g/mol. The molecule has 12 nitrogen and oxygen atoms in total. The van der Waals surface area contributed by atoms with Crippen molar-refractivity contribution in [3.05, 3.63) is 154 Å². The van der Waals surface area contributed by atoms with Gasteiger partial charge < -0.3 is 31.3 Å². The van der Waals surface area contributed by atoms with Crippen LogP contribution in [0.1, 0.15) is 76.3 Å². The average molecular weight is 741 g/mol. The number of benzene rings is 4. The highest BCUT2D eigenvalue weighted by molar-refractivity contribution is 5.88. The van der Waals surface area contributed by atoms with Gasteiger partial charge in [0.15, 0.2) is 0 Å². The summed E-state index contributed by atoms with van der Waals surface area (Å²) in [5.41, 5.74) is 9.46. The first-order valence-electron chi connectivity index (χ1n) is 18.2. The molecule has 2 aromatic heterocycles. The molecule has 8 rings (SSSR count). The summed E-state index contributed by atoms with van der Waals surface area (Å²) in [6.45, 7) is 0. The lowest BCUT2D eigenvalue weighted by atomic mass is 9.88. The zero-order chi connectivity index (χ0) is 39.1. The van der Waals surface area contributed by atoms with E-state index in [9.17, 15) is 5.11 Å². The van der Waals surface area contributed by atoms with Crippen LogP contribution in [0.25, 0.3) is 0 Å². The number of nitrogens with zero attached hydrogens (tertiary/aromatic N) is 6. The van der Waals surface area contributed by atoms with E-state index in [1.165, 1.54) is 67.1 Å². The molecule has 0 unspecified atom stereocenters.